The van der Waals surface area contributed by atoms with Gasteiger partial charge in [-0.25, -0.2) is 0 Å². The van der Waals surface area contributed by atoms with Gasteiger partial charge in [-0.3, -0.25) is 5.01 Å². The van der Waals surface area contributed by atoms with Gasteiger partial charge in [0.15, 0.2) is 5.76 Å². The van der Waals surface area contributed by atoms with Crippen LogP contribution in [-0.4, -0.2) is 5.71 Å². The van der Waals surface area contributed by atoms with Crippen LogP contribution in [0.2, 0.25) is 0 Å². The summed E-state index contributed by atoms with van der Waals surface area (Å²) >= 11 is 0. The second-order valence-corrected chi connectivity index (χ2v) is 7.41. The van der Waals surface area contributed by atoms with E-state index in [-0.39, 0.29) is 6.04 Å². The van der Waals surface area contributed by atoms with E-state index in [4.69, 9.17) is 13.9 Å². The van der Waals surface area contributed by atoms with Crippen LogP contribution < -0.4 is 5.01 Å². The van der Waals surface area contributed by atoms with Gasteiger partial charge in [-0.05, 0) is 55.0 Å². The van der Waals surface area contributed by atoms with E-state index in [2.05, 4.69) is 49.4 Å². The van der Waals surface area contributed by atoms with Crippen molar-refractivity contribution in [2.75, 3.05) is 5.01 Å². The summed E-state index contributed by atoms with van der Waals surface area (Å²) in [6, 6.07) is 26.4. The van der Waals surface area contributed by atoms with E-state index in [0.29, 0.717) is 0 Å². The lowest BCUT2D eigenvalue weighted by atomic mass is 10.1. The molecule has 5 rings (SSSR count). The van der Waals surface area contributed by atoms with Crippen LogP contribution in [0.4, 0.5) is 5.69 Å². The minimum absolute atomic E-state index is 0.00838. The number of aryl methyl sites for hydroxylation is 1. The van der Waals surface area contributed by atoms with Gasteiger partial charge in [0.2, 0.25) is 0 Å². The van der Waals surface area contributed by atoms with Gasteiger partial charge in [0.25, 0.3) is 0 Å². The lowest BCUT2D eigenvalue weighted by molar-refractivity contribution is 0.464. The molecule has 0 spiro atoms. The van der Waals surface area contributed by atoms with Crippen molar-refractivity contribution < 1.29 is 8.83 Å². The van der Waals surface area contributed by atoms with Crippen molar-refractivity contribution in [2.24, 2.45) is 5.10 Å². The Morgan fingerprint density at radius 2 is 1.73 bits per heavy atom. The minimum atomic E-state index is 0.00838. The molecule has 2 aromatic carbocycles. The molecule has 0 saturated carbocycles. The molecule has 4 aromatic rings. The average molecular weight is 394 g/mol. The monoisotopic (exact) mass is 394 g/mol. The molecule has 0 amide bonds. The quantitative estimate of drug-likeness (QED) is 0.378. The van der Waals surface area contributed by atoms with Gasteiger partial charge in [-0.15, -0.1) is 0 Å². The van der Waals surface area contributed by atoms with E-state index < -0.39 is 0 Å². The molecule has 30 heavy (non-hydrogen) atoms. The van der Waals surface area contributed by atoms with Gasteiger partial charge in [0.1, 0.15) is 23.3 Å². The predicted molar refractivity (Wildman–Crippen MR) is 120 cm³/mol. The Kier molecular flexibility index (Phi) is 4.81. The number of hydrazone groups is 1. The SMILES string of the molecule is Cc1ccc(/C=C/c2ccc(C3=NN(c4ccccc4)C(c4ccco4)C3)o2)cc1. The second-order valence-electron chi connectivity index (χ2n) is 7.41. The number of hydrogen-bond donors (Lipinski definition) is 0. The Balaban J connectivity index is 1.40. The van der Waals surface area contributed by atoms with Gasteiger partial charge in [-0.2, -0.15) is 5.10 Å². The van der Waals surface area contributed by atoms with E-state index in [9.17, 15) is 0 Å². The first kappa shape index (κ1) is 18.3. The highest BCUT2D eigenvalue weighted by Crippen LogP contribution is 2.37. The molecule has 1 unspecified atom stereocenters. The summed E-state index contributed by atoms with van der Waals surface area (Å²) in [5.74, 6) is 2.48. The minimum Gasteiger partial charge on any atom is -0.467 e. The van der Waals surface area contributed by atoms with E-state index >= 15 is 0 Å². The van der Waals surface area contributed by atoms with Crippen molar-refractivity contribution in [1.82, 2.24) is 0 Å². The molecule has 0 aliphatic carbocycles. The molecule has 0 fully saturated rings. The number of hydrogen-bond acceptors (Lipinski definition) is 4. The fourth-order valence-electron chi connectivity index (χ4n) is 3.63. The van der Waals surface area contributed by atoms with Crippen molar-refractivity contribution in [3.8, 4) is 0 Å². The Hall–Kier alpha value is -3.79. The summed E-state index contributed by atoms with van der Waals surface area (Å²) in [4.78, 5) is 0. The number of benzene rings is 2. The first-order chi connectivity index (χ1) is 14.8. The van der Waals surface area contributed by atoms with Crippen LogP contribution in [0.1, 0.15) is 40.9 Å². The van der Waals surface area contributed by atoms with Crippen LogP contribution in [0.5, 0.6) is 0 Å². The van der Waals surface area contributed by atoms with E-state index in [1.165, 1.54) is 5.56 Å². The predicted octanol–water partition coefficient (Wildman–Crippen LogP) is 6.71. The molecule has 0 N–H and O–H groups in total. The van der Waals surface area contributed by atoms with E-state index in [1.807, 2.05) is 53.5 Å². The third-order valence-corrected chi connectivity index (χ3v) is 5.23. The topological polar surface area (TPSA) is 41.9 Å². The first-order valence-corrected chi connectivity index (χ1v) is 10.1. The number of para-hydroxylation sites is 1. The number of anilines is 1. The molecule has 3 heterocycles. The van der Waals surface area contributed by atoms with Gasteiger partial charge in [-0.1, -0.05) is 54.1 Å². The fourth-order valence-corrected chi connectivity index (χ4v) is 3.63. The number of nitrogens with zero attached hydrogens (tertiary/aromatic N) is 2. The normalized spacial score (nSPS) is 16.4. The van der Waals surface area contributed by atoms with Crippen molar-refractivity contribution in [1.29, 1.82) is 0 Å². The van der Waals surface area contributed by atoms with Crippen LogP contribution in [-0.2, 0) is 0 Å². The summed E-state index contributed by atoms with van der Waals surface area (Å²) in [5.41, 5.74) is 4.33. The molecule has 1 aliphatic heterocycles. The maximum atomic E-state index is 6.09. The largest absolute Gasteiger partial charge is 0.467 e. The van der Waals surface area contributed by atoms with Gasteiger partial charge < -0.3 is 8.83 Å². The highest BCUT2D eigenvalue weighted by atomic mass is 16.3. The van der Waals surface area contributed by atoms with Crippen molar-refractivity contribution in [3.05, 3.63) is 114 Å². The summed E-state index contributed by atoms with van der Waals surface area (Å²) in [6.07, 6.45) is 6.47. The molecular weight excluding hydrogens is 372 g/mol. The van der Waals surface area contributed by atoms with Gasteiger partial charge in [0, 0.05) is 6.42 Å². The zero-order valence-corrected chi connectivity index (χ0v) is 16.7. The maximum absolute atomic E-state index is 6.09. The van der Waals surface area contributed by atoms with Crippen LogP contribution in [0, 0.1) is 6.92 Å². The molecule has 2 aromatic heterocycles. The highest BCUT2D eigenvalue weighted by Gasteiger charge is 2.32. The van der Waals surface area contributed by atoms with Crippen LogP contribution in [0.15, 0.2) is 99.1 Å². The van der Waals surface area contributed by atoms with Crippen molar-refractivity contribution >= 4 is 23.6 Å². The molecule has 4 heteroatoms. The first-order valence-electron chi connectivity index (χ1n) is 10.1. The van der Waals surface area contributed by atoms with Crippen molar-refractivity contribution in [2.45, 2.75) is 19.4 Å². The molecule has 0 bridgehead atoms. The summed E-state index contributed by atoms with van der Waals surface area (Å²) in [6.45, 7) is 2.09. The molecule has 4 nitrogen and oxygen atoms in total. The Morgan fingerprint density at radius 3 is 2.50 bits per heavy atom. The third-order valence-electron chi connectivity index (χ3n) is 5.23. The van der Waals surface area contributed by atoms with Gasteiger partial charge >= 0.3 is 0 Å². The lowest BCUT2D eigenvalue weighted by Gasteiger charge is -2.21. The van der Waals surface area contributed by atoms with Crippen LogP contribution >= 0.6 is 0 Å². The van der Waals surface area contributed by atoms with Crippen LogP contribution in [0.25, 0.3) is 12.2 Å². The summed E-state index contributed by atoms with van der Waals surface area (Å²) < 4.78 is 11.8. The Bertz CT molecular complexity index is 1170. The van der Waals surface area contributed by atoms with E-state index in [1.54, 1.807) is 6.26 Å². The van der Waals surface area contributed by atoms with Gasteiger partial charge in [0.05, 0.1) is 12.0 Å². The zero-order valence-electron chi connectivity index (χ0n) is 16.7. The summed E-state index contributed by atoms with van der Waals surface area (Å²) in [5, 5.41) is 6.89. The molecule has 1 aliphatic rings. The second kappa shape index (κ2) is 7.91. The average Bonchev–Trinajstić information content (AvgIpc) is 3.54. The van der Waals surface area contributed by atoms with E-state index in [0.717, 1.165) is 40.7 Å². The van der Waals surface area contributed by atoms with Crippen LogP contribution in [0.3, 0.4) is 0 Å². The standard InChI is InChI=1S/C26H22N2O2/c1-19-9-11-20(12-10-19)13-14-22-15-16-25(30-22)23-18-24(26-8-5-17-29-26)28(27-23)21-6-3-2-4-7-21/h2-17,24H,18H2,1H3/b14-13+. The zero-order chi connectivity index (χ0) is 20.3. The molecule has 1 atom stereocenters. The summed E-state index contributed by atoms with van der Waals surface area (Å²) in [7, 11) is 0. The lowest BCUT2D eigenvalue weighted by Crippen LogP contribution is -2.17. The Morgan fingerprint density at radius 1 is 0.900 bits per heavy atom. The third kappa shape index (κ3) is 3.72. The molecule has 0 saturated heterocycles. The highest BCUT2D eigenvalue weighted by molar-refractivity contribution is 6.01. The Labute approximate surface area is 175 Å². The number of furan rings is 2. The fraction of sp³-hybridized carbons (Fsp3) is 0.115. The molecule has 0 radical (unpaired) electrons. The number of rotatable bonds is 5. The van der Waals surface area contributed by atoms with Crippen molar-refractivity contribution in [3.63, 3.8) is 0 Å². The molecule has 148 valence electrons. The smallest absolute Gasteiger partial charge is 0.150 e. The molecular formula is C26H22N2O2. The maximum Gasteiger partial charge on any atom is 0.150 e.